The van der Waals surface area contributed by atoms with Crippen molar-refractivity contribution in [3.63, 3.8) is 0 Å². The smallest absolute Gasteiger partial charge is 0.407 e. The number of amides is 2. The summed E-state index contributed by atoms with van der Waals surface area (Å²) in [7, 11) is 0. The van der Waals surface area contributed by atoms with Crippen LogP contribution in [0.5, 0.6) is 0 Å². The molecule has 5 nitrogen and oxygen atoms in total. The Kier molecular flexibility index (Phi) is 4.28. The molecule has 0 unspecified atom stereocenters. The van der Waals surface area contributed by atoms with Crippen LogP contribution in [0.2, 0.25) is 0 Å². The Labute approximate surface area is 168 Å². The Bertz CT molecular complexity index is 983. The standard InChI is InChI=1S/C24H20N2O3/c27-21(14-25-24(28)29-15-16-8-2-1-3-9-16)26-22-17-10-4-5-11-18(17)23(26)20-13-7-6-12-19(20)22/h1-13,22-23H,14-15H2,(H,25,28). The Balaban J connectivity index is 1.28. The minimum absolute atomic E-state index is 0.0946. The Hall–Kier alpha value is -3.60. The number of carbonyl (C=O) groups excluding carboxylic acids is 2. The highest BCUT2D eigenvalue weighted by molar-refractivity contribution is 5.86. The van der Waals surface area contributed by atoms with Gasteiger partial charge in [-0.05, 0) is 27.8 Å². The Morgan fingerprint density at radius 2 is 1.24 bits per heavy atom. The number of nitrogens with one attached hydrogen (secondary N) is 1. The summed E-state index contributed by atoms with van der Waals surface area (Å²) < 4.78 is 5.21. The minimum Gasteiger partial charge on any atom is -0.445 e. The third-order valence-electron chi connectivity index (χ3n) is 5.61. The van der Waals surface area contributed by atoms with Crippen molar-refractivity contribution in [2.24, 2.45) is 0 Å². The molecular weight excluding hydrogens is 364 g/mol. The first-order valence-electron chi connectivity index (χ1n) is 9.67. The zero-order valence-electron chi connectivity index (χ0n) is 15.7. The first-order valence-corrected chi connectivity index (χ1v) is 9.67. The van der Waals surface area contributed by atoms with Crippen LogP contribution in [-0.4, -0.2) is 23.4 Å². The van der Waals surface area contributed by atoms with Gasteiger partial charge in [-0.25, -0.2) is 4.79 Å². The van der Waals surface area contributed by atoms with Gasteiger partial charge in [0, 0.05) is 0 Å². The van der Waals surface area contributed by atoms with Crippen LogP contribution >= 0.6 is 0 Å². The molecule has 0 aromatic heterocycles. The monoisotopic (exact) mass is 384 g/mol. The SMILES string of the molecule is O=C(NCC(=O)N1C2c3ccccc3C1c1ccccc12)OCc1ccccc1. The second-order valence-corrected chi connectivity index (χ2v) is 7.28. The average molecular weight is 384 g/mol. The van der Waals surface area contributed by atoms with E-state index in [9.17, 15) is 9.59 Å². The quantitative estimate of drug-likeness (QED) is 0.741. The molecule has 2 bridgehead atoms. The van der Waals surface area contributed by atoms with Gasteiger partial charge in [-0.1, -0.05) is 78.9 Å². The number of carbonyl (C=O) groups is 2. The van der Waals surface area contributed by atoms with E-state index in [0.29, 0.717) is 0 Å². The van der Waals surface area contributed by atoms with Gasteiger partial charge >= 0.3 is 6.09 Å². The van der Waals surface area contributed by atoms with Gasteiger partial charge in [0.2, 0.25) is 5.91 Å². The summed E-state index contributed by atoms with van der Waals surface area (Å²) in [5.41, 5.74) is 5.55. The molecule has 5 heteroatoms. The largest absolute Gasteiger partial charge is 0.445 e. The van der Waals surface area contributed by atoms with Crippen LogP contribution in [-0.2, 0) is 16.1 Å². The molecule has 29 heavy (non-hydrogen) atoms. The van der Waals surface area contributed by atoms with Gasteiger partial charge in [-0.15, -0.1) is 0 Å². The fourth-order valence-electron chi connectivity index (χ4n) is 4.40. The molecule has 3 aromatic rings. The first kappa shape index (κ1) is 17.5. The van der Waals surface area contributed by atoms with Gasteiger partial charge in [-0.2, -0.15) is 0 Å². The number of alkyl carbamates (subject to hydrolysis) is 1. The predicted molar refractivity (Wildman–Crippen MR) is 108 cm³/mol. The molecule has 0 radical (unpaired) electrons. The second-order valence-electron chi connectivity index (χ2n) is 7.28. The second kappa shape index (κ2) is 7.09. The molecule has 2 amide bonds. The third-order valence-corrected chi connectivity index (χ3v) is 5.61. The van der Waals surface area contributed by atoms with Gasteiger partial charge < -0.3 is 15.0 Å². The van der Waals surface area contributed by atoms with Crippen LogP contribution in [0.1, 0.15) is 39.9 Å². The lowest BCUT2D eigenvalue weighted by Crippen LogP contribution is -2.39. The molecule has 0 atom stereocenters. The van der Waals surface area contributed by atoms with E-state index in [1.807, 2.05) is 59.5 Å². The molecular formula is C24H20N2O3. The zero-order valence-corrected chi connectivity index (χ0v) is 15.7. The number of fused-ring (bicyclic) bond motifs is 8. The molecule has 2 heterocycles. The first-order chi connectivity index (χ1) is 14.2. The summed E-state index contributed by atoms with van der Waals surface area (Å²) in [6.45, 7) is 0.0787. The lowest BCUT2D eigenvalue weighted by atomic mass is 9.86. The molecule has 0 aliphatic carbocycles. The lowest BCUT2D eigenvalue weighted by molar-refractivity contribution is -0.132. The Morgan fingerprint density at radius 1 is 0.759 bits per heavy atom. The fourth-order valence-corrected chi connectivity index (χ4v) is 4.40. The highest BCUT2D eigenvalue weighted by Crippen LogP contribution is 2.55. The molecule has 2 aliphatic rings. The van der Waals surface area contributed by atoms with Gasteiger partial charge in [0.05, 0.1) is 12.1 Å². The van der Waals surface area contributed by atoms with E-state index in [4.69, 9.17) is 4.74 Å². The molecule has 2 aliphatic heterocycles. The maximum atomic E-state index is 13.1. The summed E-state index contributed by atoms with van der Waals surface area (Å²) in [4.78, 5) is 27.0. The molecule has 144 valence electrons. The van der Waals surface area contributed by atoms with E-state index >= 15 is 0 Å². The molecule has 5 rings (SSSR count). The van der Waals surface area contributed by atoms with Crippen molar-refractivity contribution in [1.29, 1.82) is 0 Å². The maximum Gasteiger partial charge on any atom is 0.407 e. The topological polar surface area (TPSA) is 58.6 Å². The van der Waals surface area contributed by atoms with Gasteiger partial charge in [-0.3, -0.25) is 4.79 Å². The van der Waals surface area contributed by atoms with Crippen molar-refractivity contribution in [1.82, 2.24) is 10.2 Å². The molecule has 0 saturated carbocycles. The van der Waals surface area contributed by atoms with E-state index in [1.54, 1.807) is 0 Å². The summed E-state index contributed by atoms with van der Waals surface area (Å²) in [5, 5.41) is 2.60. The lowest BCUT2D eigenvalue weighted by Gasteiger charge is -2.23. The number of hydrogen-bond acceptors (Lipinski definition) is 3. The summed E-state index contributed by atoms with van der Waals surface area (Å²) in [6, 6.07) is 25.6. The van der Waals surface area contributed by atoms with Crippen LogP contribution in [0, 0.1) is 0 Å². The highest BCUT2D eigenvalue weighted by atomic mass is 16.5. The highest BCUT2D eigenvalue weighted by Gasteiger charge is 2.49. The number of rotatable bonds is 4. The van der Waals surface area contributed by atoms with E-state index < -0.39 is 6.09 Å². The van der Waals surface area contributed by atoms with Crippen LogP contribution < -0.4 is 5.32 Å². The van der Waals surface area contributed by atoms with E-state index in [2.05, 4.69) is 29.6 Å². The number of hydrogen-bond donors (Lipinski definition) is 1. The van der Waals surface area contributed by atoms with E-state index in [-0.39, 0.29) is 31.1 Å². The molecule has 0 fully saturated rings. The number of benzene rings is 3. The molecule has 1 N–H and O–H groups in total. The fraction of sp³-hybridized carbons (Fsp3) is 0.167. The van der Waals surface area contributed by atoms with Gasteiger partial charge in [0.1, 0.15) is 13.2 Å². The van der Waals surface area contributed by atoms with Crippen molar-refractivity contribution < 1.29 is 14.3 Å². The van der Waals surface area contributed by atoms with Crippen LogP contribution in [0.25, 0.3) is 0 Å². The predicted octanol–water partition coefficient (Wildman–Crippen LogP) is 3.95. The van der Waals surface area contributed by atoms with Crippen molar-refractivity contribution in [2.75, 3.05) is 6.54 Å². The Morgan fingerprint density at radius 3 is 1.76 bits per heavy atom. The van der Waals surface area contributed by atoms with Crippen LogP contribution in [0.15, 0.2) is 78.9 Å². The van der Waals surface area contributed by atoms with Crippen molar-refractivity contribution in [3.8, 4) is 0 Å². The van der Waals surface area contributed by atoms with Crippen molar-refractivity contribution in [2.45, 2.75) is 18.7 Å². The van der Waals surface area contributed by atoms with Gasteiger partial charge in [0.25, 0.3) is 0 Å². The zero-order chi connectivity index (χ0) is 19.8. The third kappa shape index (κ3) is 2.95. The summed E-state index contributed by atoms with van der Waals surface area (Å²) >= 11 is 0. The molecule has 0 saturated heterocycles. The van der Waals surface area contributed by atoms with E-state index in [1.165, 1.54) is 0 Å². The molecule has 0 spiro atoms. The minimum atomic E-state index is -0.594. The maximum absolute atomic E-state index is 13.1. The normalized spacial score (nSPS) is 18.1. The van der Waals surface area contributed by atoms with Crippen molar-refractivity contribution >= 4 is 12.0 Å². The number of ether oxygens (including phenoxy) is 1. The number of nitrogens with zero attached hydrogens (tertiary/aromatic N) is 1. The summed E-state index contributed by atoms with van der Waals surface area (Å²) in [5.74, 6) is -0.121. The van der Waals surface area contributed by atoms with Crippen LogP contribution in [0.3, 0.4) is 0 Å². The van der Waals surface area contributed by atoms with E-state index in [0.717, 1.165) is 27.8 Å². The summed E-state index contributed by atoms with van der Waals surface area (Å²) in [6.07, 6.45) is -0.594. The average Bonchev–Trinajstić information content (AvgIpc) is 3.29. The van der Waals surface area contributed by atoms with Crippen LogP contribution in [0.4, 0.5) is 4.79 Å². The molecule has 3 aromatic carbocycles. The van der Waals surface area contributed by atoms with Crippen molar-refractivity contribution in [3.05, 3.63) is 107 Å². The van der Waals surface area contributed by atoms with Gasteiger partial charge in [0.15, 0.2) is 0 Å².